The number of hydrogen-bond acceptors (Lipinski definition) is 4. The minimum absolute atomic E-state index is 0.0530. The van der Waals surface area contributed by atoms with Gasteiger partial charge in [-0.15, -0.1) is 0 Å². The molecule has 3 heterocycles. The van der Waals surface area contributed by atoms with Gasteiger partial charge in [-0.05, 0) is 36.6 Å². The molecule has 1 N–H and O–H groups in total. The van der Waals surface area contributed by atoms with Crippen LogP contribution in [-0.2, 0) is 13.0 Å². The largest absolute Gasteiger partial charge is 0.394 e. The predicted molar refractivity (Wildman–Crippen MR) is 96.6 cm³/mol. The molecule has 25 heavy (non-hydrogen) atoms. The lowest BCUT2D eigenvalue weighted by molar-refractivity contribution is 0.107. The Morgan fingerprint density at radius 1 is 1.20 bits per heavy atom. The average Bonchev–Trinajstić information content (AvgIpc) is 2.61. The summed E-state index contributed by atoms with van der Waals surface area (Å²) in [6.07, 6.45) is 0.943. The minimum atomic E-state index is -0.0592. The van der Waals surface area contributed by atoms with E-state index >= 15 is 0 Å². The standard InChI is InChI=1S/C20H21N3O2/c1-14-5-4-8-19-21-16(11-20(25)23(14)19)12-22-10-9-15-6-2-3-7-17(15)18(22)13-24/h2-8,11,18,24H,9-10,12-13H2,1H3. The molecule has 0 fully saturated rings. The van der Waals surface area contributed by atoms with Crippen LogP contribution in [0.25, 0.3) is 5.65 Å². The maximum absolute atomic E-state index is 12.5. The van der Waals surface area contributed by atoms with Gasteiger partial charge in [0, 0.05) is 24.8 Å². The van der Waals surface area contributed by atoms with Crippen LogP contribution >= 0.6 is 0 Å². The Bertz CT molecular complexity index is 980. The Labute approximate surface area is 146 Å². The summed E-state index contributed by atoms with van der Waals surface area (Å²) in [6.45, 7) is 3.36. The van der Waals surface area contributed by atoms with Crippen molar-refractivity contribution in [2.45, 2.75) is 25.9 Å². The van der Waals surface area contributed by atoms with Crippen LogP contribution in [0.1, 0.15) is 28.6 Å². The van der Waals surface area contributed by atoms with Gasteiger partial charge in [0.05, 0.1) is 18.3 Å². The number of nitrogens with zero attached hydrogens (tertiary/aromatic N) is 3. The van der Waals surface area contributed by atoms with Crippen molar-refractivity contribution < 1.29 is 5.11 Å². The fraction of sp³-hybridized carbons (Fsp3) is 0.300. The third-order valence-electron chi connectivity index (χ3n) is 4.99. The summed E-state index contributed by atoms with van der Waals surface area (Å²) in [6, 6.07) is 15.5. The quantitative estimate of drug-likeness (QED) is 0.796. The van der Waals surface area contributed by atoms with Crippen molar-refractivity contribution in [3.8, 4) is 0 Å². The third kappa shape index (κ3) is 2.86. The molecule has 5 nitrogen and oxygen atoms in total. The lowest BCUT2D eigenvalue weighted by atomic mass is 9.93. The van der Waals surface area contributed by atoms with Gasteiger partial charge in [0.1, 0.15) is 5.65 Å². The molecule has 1 atom stereocenters. The molecule has 3 aromatic rings. The zero-order valence-corrected chi connectivity index (χ0v) is 14.2. The summed E-state index contributed by atoms with van der Waals surface area (Å²) in [5.74, 6) is 0. The summed E-state index contributed by atoms with van der Waals surface area (Å²) in [5.41, 5.74) is 4.69. The topological polar surface area (TPSA) is 57.8 Å². The van der Waals surface area contributed by atoms with Crippen molar-refractivity contribution in [3.05, 3.63) is 81.4 Å². The molecule has 1 aliphatic rings. The van der Waals surface area contributed by atoms with E-state index in [2.05, 4.69) is 22.0 Å². The Morgan fingerprint density at radius 2 is 2.04 bits per heavy atom. The van der Waals surface area contributed by atoms with E-state index in [1.165, 1.54) is 11.1 Å². The molecule has 5 heteroatoms. The van der Waals surface area contributed by atoms with Crippen LogP contribution in [0, 0.1) is 6.92 Å². The highest BCUT2D eigenvalue weighted by Gasteiger charge is 2.26. The van der Waals surface area contributed by atoms with Crippen molar-refractivity contribution in [2.75, 3.05) is 13.2 Å². The summed E-state index contributed by atoms with van der Waals surface area (Å²) in [5, 5.41) is 9.92. The summed E-state index contributed by atoms with van der Waals surface area (Å²) >= 11 is 0. The molecule has 1 aromatic carbocycles. The molecular formula is C20H21N3O2. The first-order valence-electron chi connectivity index (χ1n) is 8.58. The number of aryl methyl sites for hydroxylation is 1. The van der Waals surface area contributed by atoms with Crippen LogP contribution in [0.2, 0.25) is 0 Å². The van der Waals surface area contributed by atoms with E-state index in [0.717, 1.165) is 24.4 Å². The molecule has 1 aliphatic heterocycles. The second-order valence-electron chi connectivity index (χ2n) is 6.56. The number of rotatable bonds is 3. The number of aromatic nitrogens is 2. The first-order valence-corrected chi connectivity index (χ1v) is 8.58. The van der Waals surface area contributed by atoms with Crippen molar-refractivity contribution in [1.82, 2.24) is 14.3 Å². The van der Waals surface area contributed by atoms with Gasteiger partial charge in [0.15, 0.2) is 0 Å². The Morgan fingerprint density at radius 3 is 2.88 bits per heavy atom. The van der Waals surface area contributed by atoms with E-state index in [1.807, 2.05) is 37.3 Å². The maximum Gasteiger partial charge on any atom is 0.258 e. The molecule has 0 saturated heterocycles. The molecule has 128 valence electrons. The molecule has 2 aromatic heterocycles. The van der Waals surface area contributed by atoms with E-state index < -0.39 is 0 Å². The highest BCUT2D eigenvalue weighted by atomic mass is 16.3. The number of fused-ring (bicyclic) bond motifs is 2. The van der Waals surface area contributed by atoms with E-state index in [-0.39, 0.29) is 18.2 Å². The van der Waals surface area contributed by atoms with Gasteiger partial charge in [-0.3, -0.25) is 14.1 Å². The van der Waals surface area contributed by atoms with E-state index in [4.69, 9.17) is 0 Å². The maximum atomic E-state index is 12.5. The van der Waals surface area contributed by atoms with Gasteiger partial charge in [0.25, 0.3) is 5.56 Å². The summed E-state index contributed by atoms with van der Waals surface area (Å²) in [4.78, 5) is 19.3. The SMILES string of the molecule is Cc1cccc2nc(CN3CCc4ccccc4C3CO)cc(=O)n12. The molecule has 0 spiro atoms. The molecular weight excluding hydrogens is 314 g/mol. The van der Waals surface area contributed by atoms with E-state index in [0.29, 0.717) is 12.2 Å². The van der Waals surface area contributed by atoms with Crippen molar-refractivity contribution >= 4 is 5.65 Å². The van der Waals surface area contributed by atoms with Gasteiger partial charge in [0.2, 0.25) is 0 Å². The van der Waals surface area contributed by atoms with Crippen molar-refractivity contribution in [1.29, 1.82) is 0 Å². The Kier molecular flexibility index (Phi) is 4.11. The lowest BCUT2D eigenvalue weighted by Gasteiger charge is -2.36. The van der Waals surface area contributed by atoms with Gasteiger partial charge in [-0.2, -0.15) is 0 Å². The molecule has 4 rings (SSSR count). The van der Waals surface area contributed by atoms with Crippen molar-refractivity contribution in [3.63, 3.8) is 0 Å². The monoisotopic (exact) mass is 335 g/mol. The van der Waals surface area contributed by atoms with Gasteiger partial charge in [-0.25, -0.2) is 4.98 Å². The zero-order valence-electron chi connectivity index (χ0n) is 14.2. The van der Waals surface area contributed by atoms with Crippen molar-refractivity contribution in [2.24, 2.45) is 0 Å². The fourth-order valence-corrected chi connectivity index (χ4v) is 3.76. The summed E-state index contributed by atoms with van der Waals surface area (Å²) < 4.78 is 1.62. The fourth-order valence-electron chi connectivity index (χ4n) is 3.76. The number of hydrogen-bond donors (Lipinski definition) is 1. The molecule has 0 aliphatic carbocycles. The van der Waals surface area contributed by atoms with Crippen LogP contribution in [0.4, 0.5) is 0 Å². The average molecular weight is 335 g/mol. The Balaban J connectivity index is 1.69. The van der Waals surface area contributed by atoms with Crippen LogP contribution < -0.4 is 5.56 Å². The number of aliphatic hydroxyl groups is 1. The van der Waals surface area contributed by atoms with Crippen LogP contribution in [0.15, 0.2) is 53.3 Å². The van der Waals surface area contributed by atoms with Gasteiger partial charge >= 0.3 is 0 Å². The molecule has 0 radical (unpaired) electrons. The molecule has 0 saturated carbocycles. The lowest BCUT2D eigenvalue weighted by Crippen LogP contribution is -2.37. The third-order valence-corrected chi connectivity index (χ3v) is 4.99. The first-order chi connectivity index (χ1) is 12.2. The predicted octanol–water partition coefficient (Wildman–Crippen LogP) is 2.09. The summed E-state index contributed by atoms with van der Waals surface area (Å²) in [7, 11) is 0. The first kappa shape index (κ1) is 16.0. The number of aliphatic hydroxyl groups excluding tert-OH is 1. The second-order valence-corrected chi connectivity index (χ2v) is 6.56. The molecule has 1 unspecified atom stereocenters. The molecule has 0 amide bonds. The van der Waals surface area contributed by atoms with Crippen LogP contribution in [-0.4, -0.2) is 32.5 Å². The zero-order chi connectivity index (χ0) is 17.4. The Hall–Kier alpha value is -2.50. The van der Waals surface area contributed by atoms with Gasteiger partial charge in [-0.1, -0.05) is 30.3 Å². The highest BCUT2D eigenvalue weighted by molar-refractivity contribution is 5.40. The van der Waals surface area contributed by atoms with Crippen LogP contribution in [0.5, 0.6) is 0 Å². The van der Waals surface area contributed by atoms with Crippen LogP contribution in [0.3, 0.4) is 0 Å². The smallest absolute Gasteiger partial charge is 0.258 e. The highest BCUT2D eigenvalue weighted by Crippen LogP contribution is 2.30. The normalized spacial score (nSPS) is 17.6. The number of pyridine rings is 1. The van der Waals surface area contributed by atoms with E-state index in [1.54, 1.807) is 10.5 Å². The molecule has 0 bridgehead atoms. The minimum Gasteiger partial charge on any atom is -0.394 e. The van der Waals surface area contributed by atoms with E-state index in [9.17, 15) is 9.90 Å². The number of benzene rings is 1. The van der Waals surface area contributed by atoms with Gasteiger partial charge < -0.3 is 5.11 Å². The second kappa shape index (κ2) is 6.43.